The molecule has 0 rings (SSSR count). The summed E-state index contributed by atoms with van der Waals surface area (Å²) in [7, 11) is 0. The van der Waals surface area contributed by atoms with Gasteiger partial charge >= 0.3 is 0 Å². The zero-order chi connectivity index (χ0) is 10.1. The second-order valence-electron chi connectivity index (χ2n) is 4.55. The van der Waals surface area contributed by atoms with Gasteiger partial charge in [0, 0.05) is 0 Å². The van der Waals surface area contributed by atoms with Crippen LogP contribution in [0.4, 0.5) is 0 Å². The molecular formula is C11H26N2. The highest BCUT2D eigenvalue weighted by molar-refractivity contribution is 4.55. The van der Waals surface area contributed by atoms with Gasteiger partial charge in [0.05, 0.1) is 0 Å². The SMILES string of the molecule is CC(C)CNCCCNCC(C)C. The normalized spacial score (nSPS) is 11.5. The molecule has 2 N–H and O–H groups in total. The molecule has 0 aliphatic heterocycles. The van der Waals surface area contributed by atoms with Gasteiger partial charge < -0.3 is 10.6 Å². The van der Waals surface area contributed by atoms with Crippen molar-refractivity contribution in [2.24, 2.45) is 11.8 Å². The van der Waals surface area contributed by atoms with Crippen LogP contribution in [0.15, 0.2) is 0 Å². The number of hydrogen-bond donors (Lipinski definition) is 2. The summed E-state index contributed by atoms with van der Waals surface area (Å²) in [6, 6.07) is 0. The summed E-state index contributed by atoms with van der Waals surface area (Å²) in [4.78, 5) is 0. The lowest BCUT2D eigenvalue weighted by molar-refractivity contribution is 0.509. The van der Waals surface area contributed by atoms with E-state index in [1.54, 1.807) is 0 Å². The first-order chi connectivity index (χ1) is 6.13. The fourth-order valence-electron chi connectivity index (χ4n) is 1.12. The minimum absolute atomic E-state index is 0.767. The van der Waals surface area contributed by atoms with Crippen molar-refractivity contribution in [1.82, 2.24) is 10.6 Å². The van der Waals surface area contributed by atoms with Gasteiger partial charge in [0.2, 0.25) is 0 Å². The van der Waals surface area contributed by atoms with Gasteiger partial charge in [0.1, 0.15) is 0 Å². The predicted octanol–water partition coefficient (Wildman–Crippen LogP) is 1.87. The van der Waals surface area contributed by atoms with Crippen LogP contribution >= 0.6 is 0 Å². The van der Waals surface area contributed by atoms with Crippen molar-refractivity contribution in [3.63, 3.8) is 0 Å². The zero-order valence-electron chi connectivity index (χ0n) is 9.69. The van der Waals surface area contributed by atoms with E-state index in [2.05, 4.69) is 38.3 Å². The van der Waals surface area contributed by atoms with Gasteiger partial charge in [-0.2, -0.15) is 0 Å². The Labute approximate surface area is 83.5 Å². The van der Waals surface area contributed by atoms with Crippen LogP contribution in [0.25, 0.3) is 0 Å². The Bertz CT molecular complexity index is 88.3. The first kappa shape index (κ1) is 12.9. The summed E-state index contributed by atoms with van der Waals surface area (Å²) in [5.41, 5.74) is 0. The summed E-state index contributed by atoms with van der Waals surface area (Å²) < 4.78 is 0. The number of rotatable bonds is 8. The topological polar surface area (TPSA) is 24.1 Å². The molecule has 0 amide bonds. The van der Waals surface area contributed by atoms with Gasteiger partial charge in [-0.1, -0.05) is 27.7 Å². The minimum Gasteiger partial charge on any atom is -0.316 e. The molecule has 13 heavy (non-hydrogen) atoms. The second kappa shape index (κ2) is 8.52. The van der Waals surface area contributed by atoms with Gasteiger partial charge in [-0.25, -0.2) is 0 Å². The van der Waals surface area contributed by atoms with Crippen LogP contribution in [0.1, 0.15) is 34.1 Å². The van der Waals surface area contributed by atoms with Crippen molar-refractivity contribution in [3.05, 3.63) is 0 Å². The average molecular weight is 186 g/mol. The molecule has 0 saturated heterocycles. The van der Waals surface area contributed by atoms with E-state index in [9.17, 15) is 0 Å². The lowest BCUT2D eigenvalue weighted by Gasteiger charge is -2.09. The van der Waals surface area contributed by atoms with Gasteiger partial charge in [0.15, 0.2) is 0 Å². The molecule has 0 atom stereocenters. The highest BCUT2D eigenvalue weighted by Gasteiger charge is 1.93. The molecule has 0 radical (unpaired) electrons. The van der Waals surface area contributed by atoms with Gasteiger partial charge in [0.25, 0.3) is 0 Å². The van der Waals surface area contributed by atoms with Gasteiger partial charge in [-0.15, -0.1) is 0 Å². The molecule has 0 bridgehead atoms. The molecule has 0 aromatic carbocycles. The molecule has 80 valence electrons. The Morgan fingerprint density at radius 1 is 0.769 bits per heavy atom. The van der Waals surface area contributed by atoms with Crippen molar-refractivity contribution in [2.75, 3.05) is 26.2 Å². The van der Waals surface area contributed by atoms with E-state index in [0.29, 0.717) is 0 Å². The molecule has 0 aromatic heterocycles. The summed E-state index contributed by atoms with van der Waals surface area (Å²) in [6.07, 6.45) is 1.24. The highest BCUT2D eigenvalue weighted by Crippen LogP contribution is 1.88. The first-order valence-corrected chi connectivity index (χ1v) is 5.54. The Kier molecular flexibility index (Phi) is 8.46. The molecular weight excluding hydrogens is 160 g/mol. The van der Waals surface area contributed by atoms with Crippen LogP contribution in [0.2, 0.25) is 0 Å². The second-order valence-corrected chi connectivity index (χ2v) is 4.55. The van der Waals surface area contributed by atoms with Crippen LogP contribution in [0, 0.1) is 11.8 Å². The van der Waals surface area contributed by atoms with E-state index < -0.39 is 0 Å². The highest BCUT2D eigenvalue weighted by atomic mass is 14.9. The third-order valence-corrected chi connectivity index (χ3v) is 1.81. The minimum atomic E-state index is 0.767. The monoisotopic (exact) mass is 186 g/mol. The Morgan fingerprint density at radius 3 is 1.46 bits per heavy atom. The van der Waals surface area contributed by atoms with Crippen LogP contribution in [0.3, 0.4) is 0 Å². The largest absolute Gasteiger partial charge is 0.316 e. The van der Waals surface area contributed by atoms with E-state index in [-0.39, 0.29) is 0 Å². The molecule has 0 aliphatic carbocycles. The van der Waals surface area contributed by atoms with Crippen molar-refractivity contribution in [2.45, 2.75) is 34.1 Å². The quantitative estimate of drug-likeness (QED) is 0.566. The molecule has 0 spiro atoms. The number of nitrogens with one attached hydrogen (secondary N) is 2. The summed E-state index contributed by atoms with van der Waals surface area (Å²) in [5, 5.41) is 6.87. The van der Waals surface area contributed by atoms with E-state index in [0.717, 1.165) is 38.0 Å². The molecule has 0 unspecified atom stereocenters. The van der Waals surface area contributed by atoms with E-state index in [1.807, 2.05) is 0 Å². The summed E-state index contributed by atoms with van der Waals surface area (Å²) in [5.74, 6) is 1.53. The van der Waals surface area contributed by atoms with Crippen molar-refractivity contribution >= 4 is 0 Å². The Balaban J connectivity index is 2.92. The molecule has 0 heterocycles. The maximum absolute atomic E-state index is 3.43. The van der Waals surface area contributed by atoms with E-state index >= 15 is 0 Å². The Morgan fingerprint density at radius 2 is 1.15 bits per heavy atom. The molecule has 2 heteroatoms. The Hall–Kier alpha value is -0.0800. The standard InChI is InChI=1S/C11H26N2/c1-10(2)8-12-6-5-7-13-9-11(3)4/h10-13H,5-9H2,1-4H3. The van der Waals surface area contributed by atoms with Crippen molar-refractivity contribution in [3.8, 4) is 0 Å². The van der Waals surface area contributed by atoms with Crippen molar-refractivity contribution in [1.29, 1.82) is 0 Å². The fourth-order valence-corrected chi connectivity index (χ4v) is 1.12. The van der Waals surface area contributed by atoms with Crippen LogP contribution in [-0.2, 0) is 0 Å². The molecule has 2 nitrogen and oxygen atoms in total. The number of hydrogen-bond acceptors (Lipinski definition) is 2. The van der Waals surface area contributed by atoms with E-state index in [4.69, 9.17) is 0 Å². The maximum atomic E-state index is 3.43. The van der Waals surface area contributed by atoms with Crippen LogP contribution in [0.5, 0.6) is 0 Å². The summed E-state index contributed by atoms with van der Waals surface area (Å²) in [6.45, 7) is 13.5. The molecule has 0 saturated carbocycles. The smallest absolute Gasteiger partial charge is 0.00258 e. The average Bonchev–Trinajstić information content (AvgIpc) is 2.01. The fraction of sp³-hybridized carbons (Fsp3) is 1.00. The molecule has 0 aromatic rings. The summed E-state index contributed by atoms with van der Waals surface area (Å²) >= 11 is 0. The van der Waals surface area contributed by atoms with E-state index in [1.165, 1.54) is 6.42 Å². The predicted molar refractivity (Wildman–Crippen MR) is 60.0 cm³/mol. The van der Waals surface area contributed by atoms with Crippen LogP contribution < -0.4 is 10.6 Å². The third-order valence-electron chi connectivity index (χ3n) is 1.81. The third kappa shape index (κ3) is 11.9. The molecule has 0 fully saturated rings. The molecule has 0 aliphatic rings. The lowest BCUT2D eigenvalue weighted by atomic mass is 10.2. The lowest BCUT2D eigenvalue weighted by Crippen LogP contribution is -2.26. The van der Waals surface area contributed by atoms with Crippen LogP contribution in [-0.4, -0.2) is 26.2 Å². The van der Waals surface area contributed by atoms with Crippen molar-refractivity contribution < 1.29 is 0 Å². The first-order valence-electron chi connectivity index (χ1n) is 5.54. The van der Waals surface area contributed by atoms with Gasteiger partial charge in [-0.05, 0) is 44.4 Å². The zero-order valence-corrected chi connectivity index (χ0v) is 9.69. The maximum Gasteiger partial charge on any atom is -0.00258 e. The van der Waals surface area contributed by atoms with Gasteiger partial charge in [-0.3, -0.25) is 0 Å².